The van der Waals surface area contributed by atoms with Crippen LogP contribution in [-0.4, -0.2) is 16.2 Å². The number of fused-ring (bicyclic) bond motifs is 1. The molecular weight excluding hydrogens is 406 g/mol. The first-order valence-corrected chi connectivity index (χ1v) is 12.4. The summed E-state index contributed by atoms with van der Waals surface area (Å²) in [5.41, 5.74) is 3.86. The minimum Gasteiger partial charge on any atom is -0.339 e. The van der Waals surface area contributed by atoms with Crippen LogP contribution in [0, 0.1) is 0 Å². The largest absolute Gasteiger partial charge is 0.339 e. The second-order valence-electron chi connectivity index (χ2n) is 9.87. The van der Waals surface area contributed by atoms with Crippen molar-refractivity contribution in [2.75, 3.05) is 0 Å². The number of aromatic nitrogens is 2. The van der Waals surface area contributed by atoms with E-state index in [0.29, 0.717) is 23.9 Å². The Morgan fingerprint density at radius 2 is 1.70 bits per heavy atom. The number of hydrogen-bond acceptors (Lipinski definition) is 4. The molecule has 0 amide bonds. The smallest absolute Gasteiger partial charge is 0.230 e. The molecule has 4 nitrogen and oxygen atoms in total. The number of benzene rings is 3. The molecule has 0 radical (unpaired) electrons. The van der Waals surface area contributed by atoms with Gasteiger partial charge in [0.15, 0.2) is 0 Å². The Balaban J connectivity index is 1.13. The summed E-state index contributed by atoms with van der Waals surface area (Å²) in [6, 6.07) is 25.1. The van der Waals surface area contributed by atoms with E-state index in [0.717, 1.165) is 17.3 Å². The highest BCUT2D eigenvalue weighted by Crippen LogP contribution is 2.40. The quantitative estimate of drug-likeness (QED) is 0.348. The van der Waals surface area contributed by atoms with Crippen LogP contribution in [0.4, 0.5) is 0 Å². The molecule has 4 aromatic rings. The van der Waals surface area contributed by atoms with Gasteiger partial charge in [-0.05, 0) is 66.8 Å². The Hall–Kier alpha value is -2.98. The fraction of sp³-hybridized carbons (Fsp3) is 0.379. The molecule has 33 heavy (non-hydrogen) atoms. The van der Waals surface area contributed by atoms with Crippen molar-refractivity contribution in [2.45, 2.75) is 69.4 Å². The summed E-state index contributed by atoms with van der Waals surface area (Å²) >= 11 is 0. The van der Waals surface area contributed by atoms with E-state index in [1.807, 2.05) is 0 Å². The van der Waals surface area contributed by atoms with Crippen LogP contribution in [0.2, 0.25) is 0 Å². The van der Waals surface area contributed by atoms with Crippen molar-refractivity contribution in [3.05, 3.63) is 83.7 Å². The van der Waals surface area contributed by atoms with Gasteiger partial charge in [-0.3, -0.25) is 0 Å². The van der Waals surface area contributed by atoms with Gasteiger partial charge in [-0.15, -0.1) is 0 Å². The van der Waals surface area contributed by atoms with Crippen LogP contribution >= 0.6 is 0 Å². The van der Waals surface area contributed by atoms with Crippen molar-refractivity contribution in [1.29, 1.82) is 0 Å². The molecule has 0 bridgehead atoms. The second kappa shape index (κ2) is 8.75. The van der Waals surface area contributed by atoms with Gasteiger partial charge in [-0.1, -0.05) is 78.3 Å². The highest BCUT2D eigenvalue weighted by molar-refractivity contribution is 5.86. The summed E-state index contributed by atoms with van der Waals surface area (Å²) in [4.78, 5) is 4.59. The summed E-state index contributed by atoms with van der Waals surface area (Å²) in [6.07, 6.45) is 7.31. The maximum atomic E-state index is 5.43. The number of rotatable bonds is 6. The number of nitrogens with zero attached hydrogens (tertiary/aromatic N) is 2. The minimum atomic E-state index is 0.334. The van der Waals surface area contributed by atoms with Gasteiger partial charge in [0.05, 0.1) is 0 Å². The van der Waals surface area contributed by atoms with E-state index in [4.69, 9.17) is 4.52 Å². The molecule has 3 aromatic carbocycles. The van der Waals surface area contributed by atoms with E-state index in [2.05, 4.69) is 89.1 Å². The van der Waals surface area contributed by atoms with Crippen LogP contribution in [0.15, 0.2) is 71.3 Å². The molecule has 3 atom stereocenters. The SMILES string of the molecule is C[C@@H](N[C@H]1CCCC(c2ccc(-c3noc(C4CC4)n3)cc2)C1)c1cccc2ccccc12. The van der Waals surface area contributed by atoms with Gasteiger partial charge in [-0.2, -0.15) is 4.98 Å². The lowest BCUT2D eigenvalue weighted by atomic mass is 9.80. The summed E-state index contributed by atoms with van der Waals surface area (Å²) < 4.78 is 5.43. The molecule has 2 fully saturated rings. The highest BCUT2D eigenvalue weighted by Gasteiger charge is 2.30. The van der Waals surface area contributed by atoms with Crippen molar-refractivity contribution in [2.24, 2.45) is 0 Å². The maximum Gasteiger partial charge on any atom is 0.230 e. The molecule has 4 heteroatoms. The molecule has 2 aliphatic rings. The Bertz CT molecular complexity index is 1240. The van der Waals surface area contributed by atoms with Crippen LogP contribution in [0.1, 0.15) is 80.3 Å². The zero-order valence-corrected chi connectivity index (χ0v) is 19.2. The fourth-order valence-corrected chi connectivity index (χ4v) is 5.47. The molecule has 1 aromatic heterocycles. The van der Waals surface area contributed by atoms with Gasteiger partial charge < -0.3 is 9.84 Å². The third kappa shape index (κ3) is 4.32. The fourth-order valence-electron chi connectivity index (χ4n) is 5.47. The maximum absolute atomic E-state index is 5.43. The summed E-state index contributed by atoms with van der Waals surface area (Å²) in [7, 11) is 0. The first kappa shape index (κ1) is 20.6. The zero-order valence-electron chi connectivity index (χ0n) is 19.2. The monoisotopic (exact) mass is 437 g/mol. The molecule has 0 spiro atoms. The van der Waals surface area contributed by atoms with E-state index < -0.39 is 0 Å². The molecule has 2 aliphatic carbocycles. The van der Waals surface area contributed by atoms with Crippen molar-refractivity contribution >= 4 is 10.8 Å². The van der Waals surface area contributed by atoms with E-state index in [9.17, 15) is 0 Å². The normalized spacial score (nSPS) is 21.8. The van der Waals surface area contributed by atoms with Crippen LogP contribution in [-0.2, 0) is 0 Å². The standard InChI is InChI=1S/C29H31N3O/c1-19(26-11-5-7-21-6-2-3-10-27(21)26)30-25-9-4-8-24(18-25)20-12-14-22(15-13-20)28-31-29(33-32-28)23-16-17-23/h2-3,5-7,10-15,19,23-25,30H,4,8-9,16-18H2,1H3/t19-,24?,25+/m1/s1. The first-order valence-electron chi connectivity index (χ1n) is 12.4. The summed E-state index contributed by atoms with van der Waals surface area (Å²) in [5, 5.41) is 10.8. The van der Waals surface area contributed by atoms with Crippen molar-refractivity contribution in [1.82, 2.24) is 15.5 Å². The lowest BCUT2D eigenvalue weighted by Gasteiger charge is -2.32. The summed E-state index contributed by atoms with van der Waals surface area (Å²) in [6.45, 7) is 2.31. The van der Waals surface area contributed by atoms with E-state index in [-0.39, 0.29) is 0 Å². The second-order valence-corrected chi connectivity index (χ2v) is 9.87. The third-order valence-electron chi connectivity index (χ3n) is 7.46. The predicted molar refractivity (Wildman–Crippen MR) is 132 cm³/mol. The topological polar surface area (TPSA) is 51.0 Å². The zero-order chi connectivity index (χ0) is 22.2. The molecule has 0 aliphatic heterocycles. The van der Waals surface area contributed by atoms with Crippen LogP contribution < -0.4 is 5.32 Å². The van der Waals surface area contributed by atoms with Gasteiger partial charge in [0.2, 0.25) is 11.7 Å². The van der Waals surface area contributed by atoms with E-state index >= 15 is 0 Å². The predicted octanol–water partition coefficient (Wildman–Crippen LogP) is 7.14. The Morgan fingerprint density at radius 1 is 0.879 bits per heavy atom. The van der Waals surface area contributed by atoms with Gasteiger partial charge in [0.25, 0.3) is 0 Å². The van der Waals surface area contributed by atoms with Crippen LogP contribution in [0.25, 0.3) is 22.2 Å². The molecule has 6 rings (SSSR count). The van der Waals surface area contributed by atoms with Crippen LogP contribution in [0.3, 0.4) is 0 Å². The van der Waals surface area contributed by atoms with Gasteiger partial charge in [0.1, 0.15) is 0 Å². The molecular formula is C29H31N3O. The number of nitrogens with one attached hydrogen (secondary N) is 1. The minimum absolute atomic E-state index is 0.334. The van der Waals surface area contributed by atoms with Gasteiger partial charge >= 0.3 is 0 Å². The molecule has 2 saturated carbocycles. The van der Waals surface area contributed by atoms with Crippen molar-refractivity contribution in [3.63, 3.8) is 0 Å². The van der Waals surface area contributed by atoms with E-state index in [1.54, 1.807) is 0 Å². The molecule has 168 valence electrons. The summed E-state index contributed by atoms with van der Waals surface area (Å²) in [5.74, 6) is 2.61. The molecule has 1 N–H and O–H groups in total. The Kier molecular flexibility index (Phi) is 5.47. The molecule has 1 unspecified atom stereocenters. The average Bonchev–Trinajstić information content (AvgIpc) is 3.60. The molecule has 1 heterocycles. The highest BCUT2D eigenvalue weighted by atomic mass is 16.5. The van der Waals surface area contributed by atoms with E-state index in [1.165, 1.54) is 60.4 Å². The third-order valence-corrected chi connectivity index (χ3v) is 7.46. The average molecular weight is 438 g/mol. The lowest BCUT2D eigenvalue weighted by Crippen LogP contribution is -2.35. The molecule has 0 saturated heterocycles. The first-order chi connectivity index (χ1) is 16.2. The van der Waals surface area contributed by atoms with Crippen molar-refractivity contribution in [3.8, 4) is 11.4 Å². The Labute approximate surface area is 195 Å². The number of hydrogen-bond donors (Lipinski definition) is 1. The Morgan fingerprint density at radius 3 is 2.55 bits per heavy atom. The van der Waals surface area contributed by atoms with Crippen molar-refractivity contribution < 1.29 is 4.52 Å². The lowest BCUT2D eigenvalue weighted by molar-refractivity contribution is 0.319. The van der Waals surface area contributed by atoms with Gasteiger partial charge in [0, 0.05) is 23.6 Å². The van der Waals surface area contributed by atoms with Gasteiger partial charge in [-0.25, -0.2) is 0 Å². The van der Waals surface area contributed by atoms with Crippen LogP contribution in [0.5, 0.6) is 0 Å².